The van der Waals surface area contributed by atoms with E-state index in [4.69, 9.17) is 4.74 Å². The molecule has 0 spiro atoms. The molecule has 5 heteroatoms. The number of rotatable bonds is 5. The maximum absolute atomic E-state index is 11.5. The monoisotopic (exact) mass is 435 g/mol. The minimum atomic E-state index is -0.171. The summed E-state index contributed by atoms with van der Waals surface area (Å²) in [6.45, 7) is 5.16. The molecule has 8 unspecified atom stereocenters. The number of hydrogen-bond acceptors (Lipinski definition) is 3. The van der Waals surface area contributed by atoms with E-state index in [-0.39, 0.29) is 11.2 Å². The predicted molar refractivity (Wildman–Crippen MR) is 122 cm³/mol. The van der Waals surface area contributed by atoms with E-state index < -0.39 is 0 Å². The number of esters is 1. The van der Waals surface area contributed by atoms with Crippen molar-refractivity contribution in [3.63, 3.8) is 0 Å². The Kier molecular flexibility index (Phi) is 6.50. The third kappa shape index (κ3) is 3.93. The molecule has 0 saturated heterocycles. The van der Waals surface area contributed by atoms with Gasteiger partial charge >= 0.3 is 5.97 Å². The minimum absolute atomic E-state index is 0.0608. The molecular weight excluding hydrogens is 394 g/mol. The molecule has 0 heterocycles. The van der Waals surface area contributed by atoms with Gasteiger partial charge in [-0.2, -0.15) is 0 Å². The second kappa shape index (κ2) is 8.67. The number of carbonyl (C=O) groups excluding carboxylic acids is 2. The summed E-state index contributed by atoms with van der Waals surface area (Å²) < 4.78 is 4.84. The van der Waals surface area contributed by atoms with Gasteiger partial charge in [-0.05, 0) is 111 Å². The first-order valence-electron chi connectivity index (χ1n) is 12.3. The second-order valence-electron chi connectivity index (χ2n) is 11.4. The number of methoxy groups -OCH3 is 1. The largest absolute Gasteiger partial charge is 0.469 e. The van der Waals surface area contributed by atoms with Crippen LogP contribution >= 0.6 is 12.6 Å². The number of thiol groups is 1. The minimum Gasteiger partial charge on any atom is -0.469 e. The fourth-order valence-corrected chi connectivity index (χ4v) is 8.92. The Morgan fingerprint density at radius 3 is 2.47 bits per heavy atom. The van der Waals surface area contributed by atoms with Crippen molar-refractivity contribution in [3.05, 3.63) is 0 Å². The van der Waals surface area contributed by atoms with E-state index in [1.807, 2.05) is 0 Å². The molecule has 0 radical (unpaired) electrons. The second-order valence-corrected chi connectivity index (χ2v) is 11.8. The standard InChI is InChI=1S/C25H41NO3S/c1-24-14-12-21-19(20(24)10-8-16(24)5-4-6-22(27)29-3)9-7-17-15-18(26-23(28)30)11-13-25(17,21)2/h16-21H,4-15H2,1-3H3,(H2,26,28,30). The van der Waals surface area contributed by atoms with Gasteiger partial charge in [0.15, 0.2) is 0 Å². The molecular formula is C25H41NO3S. The number of nitrogens with one attached hydrogen (secondary N) is 1. The third-order valence-corrected chi connectivity index (χ3v) is 10.5. The predicted octanol–water partition coefficient (Wildman–Crippen LogP) is 6.00. The molecule has 0 aromatic heterocycles. The Labute approximate surface area is 188 Å². The van der Waals surface area contributed by atoms with Crippen molar-refractivity contribution in [1.29, 1.82) is 0 Å². The molecule has 0 aliphatic heterocycles. The highest BCUT2D eigenvalue weighted by atomic mass is 32.1. The number of ether oxygens (including phenoxy) is 1. The highest BCUT2D eigenvalue weighted by Crippen LogP contribution is 2.67. The average Bonchev–Trinajstić information content (AvgIpc) is 3.04. The molecule has 1 amide bonds. The summed E-state index contributed by atoms with van der Waals surface area (Å²) in [5, 5.41) is 2.91. The van der Waals surface area contributed by atoms with E-state index in [1.54, 1.807) is 0 Å². The van der Waals surface area contributed by atoms with Gasteiger partial charge < -0.3 is 10.1 Å². The van der Waals surface area contributed by atoms with Crippen LogP contribution in [0.25, 0.3) is 0 Å². The Bertz CT molecular complexity index is 669. The van der Waals surface area contributed by atoms with Crippen LogP contribution in [0.15, 0.2) is 0 Å². The van der Waals surface area contributed by atoms with Crippen molar-refractivity contribution < 1.29 is 14.3 Å². The Balaban J connectivity index is 1.42. The fraction of sp³-hybridized carbons (Fsp3) is 0.920. The molecule has 0 bridgehead atoms. The SMILES string of the molecule is COC(=O)CCCC1CCC2C3CCC4CC(NC(=O)S)CCC4(C)C3CCC12C. The van der Waals surface area contributed by atoms with Crippen molar-refractivity contribution in [3.8, 4) is 0 Å². The van der Waals surface area contributed by atoms with Gasteiger partial charge in [-0.1, -0.05) is 26.5 Å². The Morgan fingerprint density at radius 1 is 1.00 bits per heavy atom. The molecule has 4 nitrogen and oxygen atoms in total. The van der Waals surface area contributed by atoms with E-state index in [1.165, 1.54) is 58.5 Å². The molecule has 1 N–H and O–H groups in total. The zero-order valence-electron chi connectivity index (χ0n) is 19.1. The lowest BCUT2D eigenvalue weighted by molar-refractivity contribution is -0.141. The lowest BCUT2D eigenvalue weighted by Crippen LogP contribution is -2.55. The number of amides is 1. The number of fused-ring (bicyclic) bond motifs is 5. The lowest BCUT2D eigenvalue weighted by atomic mass is 9.44. The summed E-state index contributed by atoms with van der Waals surface area (Å²) in [5.41, 5.74) is 0.919. The summed E-state index contributed by atoms with van der Waals surface area (Å²) >= 11 is 3.95. The van der Waals surface area contributed by atoms with Gasteiger partial charge in [0.2, 0.25) is 0 Å². The third-order valence-electron chi connectivity index (χ3n) is 10.4. The van der Waals surface area contributed by atoms with E-state index in [0.717, 1.165) is 48.9 Å². The average molecular weight is 436 g/mol. The summed E-state index contributed by atoms with van der Waals surface area (Å²) in [4.78, 5) is 23.0. The normalized spacial score (nSPS) is 45.1. The van der Waals surface area contributed by atoms with Crippen LogP contribution < -0.4 is 5.32 Å². The van der Waals surface area contributed by atoms with Crippen LogP contribution in [-0.2, 0) is 9.53 Å². The van der Waals surface area contributed by atoms with Crippen molar-refractivity contribution in [1.82, 2.24) is 5.32 Å². The van der Waals surface area contributed by atoms with Gasteiger partial charge in [-0.15, -0.1) is 0 Å². The smallest absolute Gasteiger partial charge is 0.305 e. The summed E-state index contributed by atoms with van der Waals surface area (Å²) in [6, 6.07) is 0.323. The summed E-state index contributed by atoms with van der Waals surface area (Å²) in [7, 11) is 1.49. The first-order chi connectivity index (χ1) is 14.3. The maximum Gasteiger partial charge on any atom is 0.305 e. The van der Waals surface area contributed by atoms with E-state index >= 15 is 0 Å². The Morgan fingerprint density at radius 2 is 1.73 bits per heavy atom. The molecule has 30 heavy (non-hydrogen) atoms. The lowest BCUT2D eigenvalue weighted by Gasteiger charge is -2.61. The van der Waals surface area contributed by atoms with Crippen molar-refractivity contribution >= 4 is 23.8 Å². The quantitative estimate of drug-likeness (QED) is 0.411. The first-order valence-corrected chi connectivity index (χ1v) is 12.8. The topological polar surface area (TPSA) is 55.4 Å². The van der Waals surface area contributed by atoms with Crippen LogP contribution in [0.4, 0.5) is 4.79 Å². The summed E-state index contributed by atoms with van der Waals surface area (Å²) in [6.07, 6.45) is 14.4. The number of carbonyl (C=O) groups is 2. The molecule has 4 rings (SSSR count). The Hall–Kier alpha value is -0.710. The van der Waals surface area contributed by atoms with Crippen LogP contribution in [-0.4, -0.2) is 24.4 Å². The van der Waals surface area contributed by atoms with Gasteiger partial charge in [0.25, 0.3) is 5.24 Å². The van der Waals surface area contributed by atoms with Gasteiger partial charge in [-0.3, -0.25) is 9.59 Å². The molecule has 4 aliphatic rings. The zero-order chi connectivity index (χ0) is 21.5. The van der Waals surface area contributed by atoms with Gasteiger partial charge in [0.1, 0.15) is 0 Å². The van der Waals surface area contributed by atoms with Gasteiger partial charge in [0.05, 0.1) is 7.11 Å². The molecule has 170 valence electrons. The fourth-order valence-electron chi connectivity index (χ4n) is 8.74. The molecule has 8 atom stereocenters. The van der Waals surface area contributed by atoms with E-state index in [9.17, 15) is 9.59 Å². The number of hydrogen-bond donors (Lipinski definition) is 2. The zero-order valence-corrected chi connectivity index (χ0v) is 20.0. The van der Waals surface area contributed by atoms with E-state index in [0.29, 0.717) is 23.3 Å². The van der Waals surface area contributed by atoms with Crippen molar-refractivity contribution in [2.45, 2.75) is 96.9 Å². The molecule has 4 saturated carbocycles. The van der Waals surface area contributed by atoms with E-state index in [2.05, 4.69) is 31.8 Å². The van der Waals surface area contributed by atoms with Crippen molar-refractivity contribution in [2.75, 3.05) is 7.11 Å². The van der Waals surface area contributed by atoms with Crippen LogP contribution in [0, 0.1) is 40.4 Å². The maximum atomic E-state index is 11.5. The van der Waals surface area contributed by atoms with Gasteiger partial charge in [0, 0.05) is 12.5 Å². The highest BCUT2D eigenvalue weighted by molar-refractivity contribution is 7.96. The molecule has 4 fully saturated rings. The molecule has 4 aliphatic carbocycles. The van der Waals surface area contributed by atoms with Crippen LogP contribution in [0.5, 0.6) is 0 Å². The van der Waals surface area contributed by atoms with Crippen LogP contribution in [0.3, 0.4) is 0 Å². The molecule has 0 aromatic rings. The van der Waals surface area contributed by atoms with Crippen LogP contribution in [0.2, 0.25) is 0 Å². The molecule has 0 aromatic carbocycles. The van der Waals surface area contributed by atoms with Gasteiger partial charge in [-0.25, -0.2) is 0 Å². The highest BCUT2D eigenvalue weighted by Gasteiger charge is 2.59. The first kappa shape index (κ1) is 22.5. The van der Waals surface area contributed by atoms with Crippen molar-refractivity contribution in [2.24, 2.45) is 40.4 Å². The summed E-state index contributed by atoms with van der Waals surface area (Å²) in [5.74, 6) is 4.07. The van der Waals surface area contributed by atoms with Crippen LogP contribution in [0.1, 0.15) is 90.9 Å².